The molecule has 1 aromatic rings. The fraction of sp³-hybridized carbons (Fsp3) is 0.100. The number of allylic oxidation sites excluding steroid dienone is 2. The van der Waals surface area contributed by atoms with E-state index >= 15 is 0 Å². The van der Waals surface area contributed by atoms with Gasteiger partial charge in [0.25, 0.3) is 10.1 Å². The van der Waals surface area contributed by atoms with Crippen LogP contribution in [0.5, 0.6) is 0 Å². The van der Waals surface area contributed by atoms with Crippen LogP contribution in [0, 0.1) is 0 Å². The van der Waals surface area contributed by atoms with Crippen LogP contribution in [-0.2, 0) is 16.5 Å². The van der Waals surface area contributed by atoms with Gasteiger partial charge < -0.3 is 10.6 Å². The Balaban J connectivity index is 2.65. The Morgan fingerprint density at radius 1 is 1.35 bits per heavy atom. The highest BCUT2D eigenvalue weighted by Crippen LogP contribution is 2.22. The Morgan fingerprint density at radius 2 is 2.06 bits per heavy atom. The van der Waals surface area contributed by atoms with Gasteiger partial charge in [0.2, 0.25) is 5.76 Å². The summed E-state index contributed by atoms with van der Waals surface area (Å²) in [4.78, 5) is 2.72. The second kappa shape index (κ2) is 3.81. The number of fused-ring (bicyclic) bond motifs is 1. The molecule has 0 saturated heterocycles. The zero-order valence-corrected chi connectivity index (χ0v) is 9.35. The number of benzene rings is 1. The molecule has 2 rings (SSSR count). The van der Waals surface area contributed by atoms with E-state index in [2.05, 4.69) is 4.79 Å². The van der Waals surface area contributed by atoms with Crippen LogP contribution >= 0.6 is 0 Å². The molecule has 0 fully saturated rings. The van der Waals surface area contributed by atoms with Crippen LogP contribution in [0.4, 0.5) is 0 Å². The molecule has 88 valence electrons. The van der Waals surface area contributed by atoms with Crippen LogP contribution in [0.3, 0.4) is 0 Å². The smallest absolute Gasteiger partial charge is 0.363 e. The third-order valence-corrected chi connectivity index (χ3v) is 3.34. The van der Waals surface area contributed by atoms with Gasteiger partial charge in [0.15, 0.2) is 0 Å². The van der Waals surface area contributed by atoms with Crippen molar-refractivity contribution in [1.82, 2.24) is 0 Å². The van der Waals surface area contributed by atoms with Crippen LogP contribution in [0.2, 0.25) is 0 Å². The van der Waals surface area contributed by atoms with E-state index in [4.69, 9.17) is 10.1 Å². The van der Waals surface area contributed by atoms with Gasteiger partial charge in [-0.05, 0) is 36.3 Å². The lowest BCUT2D eigenvalue weighted by atomic mass is 9.94. The number of aliphatic hydroxyl groups excluding tert-OH is 1. The summed E-state index contributed by atoms with van der Waals surface area (Å²) >= 11 is 0. The minimum absolute atomic E-state index is 0.0202. The SMILES string of the molecule is [N-]=[N+]=C1C(O)=CCc2cc(S(=O)(=O)O)ccc21. The number of aliphatic hydroxyl groups is 1. The average molecular weight is 252 g/mol. The summed E-state index contributed by atoms with van der Waals surface area (Å²) in [5.74, 6) is -0.167. The van der Waals surface area contributed by atoms with E-state index in [1.165, 1.54) is 24.3 Å². The van der Waals surface area contributed by atoms with Gasteiger partial charge in [-0.2, -0.15) is 13.2 Å². The summed E-state index contributed by atoms with van der Waals surface area (Å²) in [6.45, 7) is 0. The van der Waals surface area contributed by atoms with E-state index in [1.807, 2.05) is 0 Å². The number of rotatable bonds is 1. The van der Waals surface area contributed by atoms with Gasteiger partial charge in [0.05, 0.1) is 10.5 Å². The first-order valence-electron chi connectivity index (χ1n) is 4.66. The van der Waals surface area contributed by atoms with Crippen molar-refractivity contribution in [3.63, 3.8) is 0 Å². The van der Waals surface area contributed by atoms with Gasteiger partial charge in [0, 0.05) is 0 Å². The van der Waals surface area contributed by atoms with Crippen LogP contribution in [0.15, 0.2) is 34.9 Å². The minimum atomic E-state index is -4.26. The van der Waals surface area contributed by atoms with Gasteiger partial charge in [-0.15, -0.1) is 0 Å². The molecule has 0 unspecified atom stereocenters. The highest BCUT2D eigenvalue weighted by molar-refractivity contribution is 7.85. The molecule has 1 aromatic carbocycles. The lowest BCUT2D eigenvalue weighted by Gasteiger charge is -2.10. The Hall–Kier alpha value is -1.95. The second-order valence-electron chi connectivity index (χ2n) is 3.54. The third kappa shape index (κ3) is 1.99. The average Bonchev–Trinajstić information content (AvgIpc) is 2.27. The van der Waals surface area contributed by atoms with Crippen molar-refractivity contribution in [2.24, 2.45) is 0 Å². The Kier molecular flexibility index (Phi) is 2.59. The van der Waals surface area contributed by atoms with Crippen molar-refractivity contribution in [3.8, 4) is 0 Å². The molecule has 0 radical (unpaired) electrons. The zero-order valence-electron chi connectivity index (χ0n) is 8.53. The minimum Gasteiger partial charge on any atom is -0.502 e. The van der Waals surface area contributed by atoms with Crippen LogP contribution in [-0.4, -0.2) is 28.6 Å². The van der Waals surface area contributed by atoms with Crippen molar-refractivity contribution in [2.45, 2.75) is 11.3 Å². The number of hydrogen-bond acceptors (Lipinski definition) is 3. The highest BCUT2D eigenvalue weighted by atomic mass is 32.2. The molecular weight excluding hydrogens is 244 g/mol. The third-order valence-electron chi connectivity index (χ3n) is 2.49. The van der Waals surface area contributed by atoms with Gasteiger partial charge >= 0.3 is 5.71 Å². The summed E-state index contributed by atoms with van der Waals surface area (Å²) in [6, 6.07) is 3.83. The zero-order chi connectivity index (χ0) is 12.6. The lowest BCUT2D eigenvalue weighted by Crippen LogP contribution is -2.15. The van der Waals surface area contributed by atoms with Gasteiger partial charge in [-0.1, -0.05) is 0 Å². The Labute approximate surface area is 97.2 Å². The van der Waals surface area contributed by atoms with Crippen LogP contribution in [0.1, 0.15) is 11.1 Å². The number of hydrogen-bond donors (Lipinski definition) is 2. The molecule has 0 bridgehead atoms. The molecule has 0 aromatic heterocycles. The lowest BCUT2D eigenvalue weighted by molar-refractivity contribution is -0.00666. The topological polar surface area (TPSA) is 111 Å². The fourth-order valence-corrected chi connectivity index (χ4v) is 2.21. The van der Waals surface area contributed by atoms with Crippen molar-refractivity contribution >= 4 is 15.8 Å². The maximum atomic E-state index is 10.9. The van der Waals surface area contributed by atoms with Crippen molar-refractivity contribution in [3.05, 3.63) is 46.7 Å². The van der Waals surface area contributed by atoms with Gasteiger partial charge in [-0.3, -0.25) is 4.55 Å². The summed E-state index contributed by atoms with van der Waals surface area (Å²) < 4.78 is 30.8. The molecule has 0 atom stereocenters. The highest BCUT2D eigenvalue weighted by Gasteiger charge is 2.26. The van der Waals surface area contributed by atoms with Gasteiger partial charge in [-0.25, -0.2) is 0 Å². The summed E-state index contributed by atoms with van der Waals surface area (Å²) in [7, 11) is -4.26. The Morgan fingerprint density at radius 3 is 2.65 bits per heavy atom. The summed E-state index contributed by atoms with van der Waals surface area (Å²) in [6.07, 6.45) is 1.69. The van der Waals surface area contributed by atoms with Crippen LogP contribution < -0.4 is 0 Å². The molecule has 1 aliphatic carbocycles. The molecule has 17 heavy (non-hydrogen) atoms. The molecule has 0 spiro atoms. The first-order valence-corrected chi connectivity index (χ1v) is 6.10. The standard InChI is InChI=1S/C10H8N2O4S/c11-12-10-8-3-2-7(17(14,15)16)5-6(8)1-4-9(10)13/h2-5,13H,1H2,(H,14,15,16). The molecule has 2 N–H and O–H groups in total. The maximum Gasteiger partial charge on any atom is 0.363 e. The van der Waals surface area contributed by atoms with E-state index in [0.29, 0.717) is 17.5 Å². The monoisotopic (exact) mass is 252 g/mol. The molecule has 0 heterocycles. The first-order chi connectivity index (χ1) is 7.93. The fourth-order valence-electron chi connectivity index (χ4n) is 1.68. The Bertz CT molecular complexity index is 670. The summed E-state index contributed by atoms with van der Waals surface area (Å²) in [5, 5.41) is 9.45. The second-order valence-corrected chi connectivity index (χ2v) is 4.96. The van der Waals surface area contributed by atoms with E-state index in [1.54, 1.807) is 0 Å². The normalized spacial score (nSPS) is 14.9. The molecule has 0 aliphatic heterocycles. The number of nitrogens with zero attached hydrogens (tertiary/aromatic N) is 2. The first kappa shape index (κ1) is 11.5. The van der Waals surface area contributed by atoms with Crippen molar-refractivity contribution in [1.29, 1.82) is 0 Å². The predicted molar refractivity (Wildman–Crippen MR) is 58.4 cm³/mol. The van der Waals surface area contributed by atoms with Crippen molar-refractivity contribution in [2.75, 3.05) is 0 Å². The molecule has 1 aliphatic rings. The molecule has 0 amide bonds. The molecule has 6 nitrogen and oxygen atoms in total. The van der Waals surface area contributed by atoms with Crippen LogP contribution in [0.25, 0.3) is 5.53 Å². The predicted octanol–water partition coefficient (Wildman–Crippen LogP) is 0.950. The molecule has 0 saturated carbocycles. The quantitative estimate of drug-likeness (QED) is 0.440. The molecular formula is C10H8N2O4S. The van der Waals surface area contributed by atoms with Gasteiger partial charge in [0.1, 0.15) is 0 Å². The maximum absolute atomic E-state index is 10.9. The van der Waals surface area contributed by atoms with E-state index in [9.17, 15) is 13.5 Å². The van der Waals surface area contributed by atoms with E-state index < -0.39 is 10.1 Å². The largest absolute Gasteiger partial charge is 0.502 e. The van der Waals surface area contributed by atoms with E-state index in [0.717, 1.165) is 0 Å². The van der Waals surface area contributed by atoms with E-state index in [-0.39, 0.29) is 16.4 Å². The summed E-state index contributed by atoms with van der Waals surface area (Å²) in [5.41, 5.74) is 9.71. The molecule has 7 heteroatoms. The van der Waals surface area contributed by atoms with Crippen molar-refractivity contribution < 1.29 is 22.9 Å².